The Morgan fingerprint density at radius 1 is 1.04 bits per heavy atom. The van der Waals surface area contributed by atoms with Crippen molar-refractivity contribution in [2.24, 2.45) is 0 Å². The minimum absolute atomic E-state index is 0.0351. The first kappa shape index (κ1) is 15.1. The van der Waals surface area contributed by atoms with Crippen LogP contribution in [0.25, 0.3) is 21.3 Å². The summed E-state index contributed by atoms with van der Waals surface area (Å²) in [4.78, 5) is 17.3. The Hall–Kier alpha value is -2.43. The van der Waals surface area contributed by atoms with Gasteiger partial charge in [-0.3, -0.25) is 9.36 Å². The maximum absolute atomic E-state index is 12.8. The monoisotopic (exact) mass is 352 g/mol. The highest BCUT2D eigenvalue weighted by atomic mass is 35.5. The SMILES string of the molecule is O=c1c2scc(-c3ccccc3)c2ncn1Cc1ccccc1Cl. The number of thiophene rings is 1. The lowest BCUT2D eigenvalue weighted by atomic mass is 10.1. The van der Waals surface area contributed by atoms with Crippen LogP contribution >= 0.6 is 22.9 Å². The molecule has 0 aliphatic carbocycles. The molecular weight excluding hydrogens is 340 g/mol. The molecule has 4 aromatic rings. The average Bonchev–Trinajstić information content (AvgIpc) is 3.05. The van der Waals surface area contributed by atoms with Crippen LogP contribution in [0.2, 0.25) is 5.02 Å². The number of aromatic nitrogens is 2. The number of fused-ring (bicyclic) bond motifs is 1. The molecule has 0 saturated heterocycles. The lowest BCUT2D eigenvalue weighted by Crippen LogP contribution is -2.20. The number of nitrogens with zero attached hydrogens (tertiary/aromatic N) is 2. The Bertz CT molecular complexity index is 1070. The van der Waals surface area contributed by atoms with Gasteiger partial charge in [0, 0.05) is 16.0 Å². The molecule has 0 saturated carbocycles. The van der Waals surface area contributed by atoms with E-state index in [1.54, 1.807) is 10.9 Å². The van der Waals surface area contributed by atoms with Gasteiger partial charge in [0.1, 0.15) is 4.70 Å². The third kappa shape index (κ3) is 2.64. The third-order valence-electron chi connectivity index (χ3n) is 3.93. The van der Waals surface area contributed by atoms with Gasteiger partial charge in [0.05, 0.1) is 18.4 Å². The molecule has 0 atom stereocenters. The normalized spacial score (nSPS) is 11.0. The Labute approximate surface area is 147 Å². The summed E-state index contributed by atoms with van der Waals surface area (Å²) < 4.78 is 2.28. The van der Waals surface area contributed by atoms with Gasteiger partial charge in [-0.15, -0.1) is 11.3 Å². The highest BCUT2D eigenvalue weighted by molar-refractivity contribution is 7.17. The van der Waals surface area contributed by atoms with E-state index in [9.17, 15) is 4.79 Å². The van der Waals surface area contributed by atoms with Gasteiger partial charge in [-0.25, -0.2) is 4.98 Å². The Kier molecular flexibility index (Phi) is 3.92. The molecule has 2 aromatic carbocycles. The minimum atomic E-state index is -0.0351. The van der Waals surface area contributed by atoms with Gasteiger partial charge < -0.3 is 0 Å². The van der Waals surface area contributed by atoms with Crippen molar-refractivity contribution in [3.8, 4) is 11.1 Å². The molecule has 2 heterocycles. The smallest absolute Gasteiger partial charge is 0.271 e. The average molecular weight is 353 g/mol. The van der Waals surface area contributed by atoms with Crippen LogP contribution in [0, 0.1) is 0 Å². The summed E-state index contributed by atoms with van der Waals surface area (Å²) in [5.41, 5.74) is 3.69. The summed E-state index contributed by atoms with van der Waals surface area (Å²) in [5, 5.41) is 2.65. The maximum atomic E-state index is 12.8. The van der Waals surface area contributed by atoms with Crippen LogP contribution < -0.4 is 5.56 Å². The van der Waals surface area contributed by atoms with Crippen molar-refractivity contribution < 1.29 is 0 Å². The molecule has 0 unspecified atom stereocenters. The van der Waals surface area contributed by atoms with Crippen LogP contribution in [0.1, 0.15) is 5.56 Å². The molecular formula is C19H13ClN2OS. The van der Waals surface area contributed by atoms with Gasteiger partial charge in [0.25, 0.3) is 5.56 Å². The topological polar surface area (TPSA) is 34.9 Å². The summed E-state index contributed by atoms with van der Waals surface area (Å²) in [7, 11) is 0. The van der Waals surface area contributed by atoms with E-state index in [0.717, 1.165) is 22.2 Å². The molecule has 3 nitrogen and oxygen atoms in total. The van der Waals surface area contributed by atoms with Crippen LogP contribution in [0.3, 0.4) is 0 Å². The highest BCUT2D eigenvalue weighted by Gasteiger charge is 2.13. The van der Waals surface area contributed by atoms with E-state index >= 15 is 0 Å². The van der Waals surface area contributed by atoms with Crippen molar-refractivity contribution in [3.05, 3.63) is 87.2 Å². The quantitative estimate of drug-likeness (QED) is 0.529. The molecule has 0 aliphatic rings. The molecule has 4 rings (SSSR count). The van der Waals surface area contributed by atoms with E-state index in [2.05, 4.69) is 4.98 Å². The molecule has 118 valence electrons. The lowest BCUT2D eigenvalue weighted by Gasteiger charge is -2.07. The molecule has 0 aliphatic heterocycles. The van der Waals surface area contributed by atoms with Crippen LogP contribution in [0.4, 0.5) is 0 Å². The Morgan fingerprint density at radius 2 is 1.79 bits per heavy atom. The number of hydrogen-bond acceptors (Lipinski definition) is 3. The van der Waals surface area contributed by atoms with Crippen LogP contribution in [0.5, 0.6) is 0 Å². The minimum Gasteiger partial charge on any atom is -0.293 e. The first-order valence-corrected chi connectivity index (χ1v) is 8.75. The van der Waals surface area contributed by atoms with Crippen LogP contribution in [-0.4, -0.2) is 9.55 Å². The summed E-state index contributed by atoms with van der Waals surface area (Å²) in [6, 6.07) is 17.5. The fourth-order valence-electron chi connectivity index (χ4n) is 2.69. The zero-order valence-electron chi connectivity index (χ0n) is 12.6. The van der Waals surface area contributed by atoms with E-state index < -0.39 is 0 Å². The molecule has 0 bridgehead atoms. The predicted molar refractivity (Wildman–Crippen MR) is 99.9 cm³/mol. The fraction of sp³-hybridized carbons (Fsp3) is 0.0526. The molecule has 0 N–H and O–H groups in total. The van der Waals surface area contributed by atoms with Crippen molar-refractivity contribution >= 4 is 33.2 Å². The van der Waals surface area contributed by atoms with Crippen LogP contribution in [-0.2, 0) is 6.54 Å². The van der Waals surface area contributed by atoms with Gasteiger partial charge in [-0.2, -0.15) is 0 Å². The number of halogens is 1. The molecule has 2 aromatic heterocycles. The second-order valence-corrected chi connectivity index (χ2v) is 6.75. The second-order valence-electron chi connectivity index (χ2n) is 5.46. The van der Waals surface area contributed by atoms with Crippen molar-refractivity contribution in [1.82, 2.24) is 9.55 Å². The van der Waals surface area contributed by atoms with E-state index in [0.29, 0.717) is 16.3 Å². The van der Waals surface area contributed by atoms with Gasteiger partial charge >= 0.3 is 0 Å². The van der Waals surface area contributed by atoms with Gasteiger partial charge in [-0.1, -0.05) is 60.1 Å². The van der Waals surface area contributed by atoms with Crippen molar-refractivity contribution in [2.75, 3.05) is 0 Å². The van der Waals surface area contributed by atoms with E-state index in [-0.39, 0.29) is 5.56 Å². The van der Waals surface area contributed by atoms with Gasteiger partial charge in [0.2, 0.25) is 0 Å². The molecule has 24 heavy (non-hydrogen) atoms. The maximum Gasteiger partial charge on any atom is 0.271 e. The van der Waals surface area contributed by atoms with Gasteiger partial charge in [0.15, 0.2) is 0 Å². The van der Waals surface area contributed by atoms with Gasteiger partial charge in [-0.05, 0) is 17.2 Å². The Morgan fingerprint density at radius 3 is 2.58 bits per heavy atom. The highest BCUT2D eigenvalue weighted by Crippen LogP contribution is 2.30. The first-order chi connectivity index (χ1) is 11.7. The molecule has 0 radical (unpaired) electrons. The summed E-state index contributed by atoms with van der Waals surface area (Å²) in [5.74, 6) is 0. The van der Waals surface area contributed by atoms with E-state index in [4.69, 9.17) is 11.6 Å². The molecule has 0 amide bonds. The number of hydrogen-bond donors (Lipinski definition) is 0. The largest absolute Gasteiger partial charge is 0.293 e. The second kappa shape index (κ2) is 6.23. The summed E-state index contributed by atoms with van der Waals surface area (Å²) in [6.45, 7) is 0.417. The molecule has 0 spiro atoms. The zero-order valence-corrected chi connectivity index (χ0v) is 14.2. The van der Waals surface area contributed by atoms with Crippen molar-refractivity contribution in [3.63, 3.8) is 0 Å². The molecule has 5 heteroatoms. The summed E-state index contributed by atoms with van der Waals surface area (Å²) in [6.07, 6.45) is 1.60. The van der Waals surface area contributed by atoms with Crippen LogP contribution in [0.15, 0.2) is 71.1 Å². The van der Waals surface area contributed by atoms with Crippen molar-refractivity contribution in [2.45, 2.75) is 6.54 Å². The summed E-state index contributed by atoms with van der Waals surface area (Å²) >= 11 is 7.63. The molecule has 0 fully saturated rings. The third-order valence-corrected chi connectivity index (χ3v) is 5.26. The predicted octanol–water partition coefficient (Wildman–Crippen LogP) is 4.83. The van der Waals surface area contributed by atoms with E-state index in [1.807, 2.05) is 60.0 Å². The number of rotatable bonds is 3. The zero-order chi connectivity index (χ0) is 16.5. The first-order valence-electron chi connectivity index (χ1n) is 7.49. The number of benzene rings is 2. The lowest BCUT2D eigenvalue weighted by molar-refractivity contribution is 0.750. The van der Waals surface area contributed by atoms with E-state index in [1.165, 1.54) is 11.3 Å². The van der Waals surface area contributed by atoms with Crippen molar-refractivity contribution in [1.29, 1.82) is 0 Å². The Balaban J connectivity index is 1.80. The fourth-order valence-corrected chi connectivity index (χ4v) is 3.86. The standard InChI is InChI=1S/C19H13ClN2OS/c20-16-9-5-4-8-14(16)10-22-12-21-17-15(11-24-18(17)19(22)23)13-6-2-1-3-7-13/h1-9,11-12H,10H2.